The Hall–Kier alpha value is -1.06. The van der Waals surface area contributed by atoms with E-state index >= 15 is 0 Å². The van der Waals surface area contributed by atoms with Crippen LogP contribution in [0, 0.1) is 0 Å². The maximum atomic E-state index is 3.44. The number of anilines is 1. The summed E-state index contributed by atoms with van der Waals surface area (Å²) < 4.78 is 1.39. The summed E-state index contributed by atoms with van der Waals surface area (Å²) in [4.78, 5) is 2.52. The molecule has 16 heavy (non-hydrogen) atoms. The van der Waals surface area contributed by atoms with Crippen molar-refractivity contribution < 1.29 is 0 Å². The first kappa shape index (κ1) is 10.1. The quantitative estimate of drug-likeness (QED) is 0.813. The zero-order valence-corrected chi connectivity index (χ0v) is 10.3. The molecule has 0 saturated carbocycles. The molecule has 1 atom stereocenters. The van der Waals surface area contributed by atoms with Crippen molar-refractivity contribution in [1.82, 2.24) is 5.32 Å². The molecule has 0 amide bonds. The van der Waals surface area contributed by atoms with Gasteiger partial charge in [-0.3, -0.25) is 0 Å². The Kier molecular flexibility index (Phi) is 2.58. The van der Waals surface area contributed by atoms with E-state index in [0.717, 1.165) is 19.6 Å². The monoisotopic (exact) mass is 232 g/mol. The Morgan fingerprint density at radius 1 is 1.38 bits per heavy atom. The van der Waals surface area contributed by atoms with E-state index in [1.54, 1.807) is 0 Å². The van der Waals surface area contributed by atoms with Crippen molar-refractivity contribution in [2.24, 2.45) is 0 Å². The molecule has 2 nitrogen and oxygen atoms in total. The number of benzene rings is 1. The van der Waals surface area contributed by atoms with Gasteiger partial charge in [0.05, 0.1) is 0 Å². The van der Waals surface area contributed by atoms with Crippen LogP contribution in [0.3, 0.4) is 0 Å². The van der Waals surface area contributed by atoms with Crippen LogP contribution in [0.2, 0.25) is 0 Å². The summed E-state index contributed by atoms with van der Waals surface area (Å²) in [5.41, 5.74) is 1.40. The van der Waals surface area contributed by atoms with Crippen molar-refractivity contribution in [1.29, 1.82) is 0 Å². The number of nitrogens with zero attached hydrogens (tertiary/aromatic N) is 1. The van der Waals surface area contributed by atoms with Crippen molar-refractivity contribution >= 4 is 27.1 Å². The first-order valence-corrected chi connectivity index (χ1v) is 6.68. The molecule has 0 bridgehead atoms. The van der Waals surface area contributed by atoms with E-state index in [4.69, 9.17) is 0 Å². The van der Waals surface area contributed by atoms with E-state index < -0.39 is 0 Å². The van der Waals surface area contributed by atoms with E-state index in [9.17, 15) is 0 Å². The van der Waals surface area contributed by atoms with Crippen molar-refractivity contribution in [3.05, 3.63) is 29.6 Å². The molecule has 2 heterocycles. The summed E-state index contributed by atoms with van der Waals surface area (Å²) in [7, 11) is 0. The van der Waals surface area contributed by atoms with E-state index in [-0.39, 0.29) is 0 Å². The van der Waals surface area contributed by atoms with Crippen molar-refractivity contribution in [3.63, 3.8) is 0 Å². The molecule has 1 unspecified atom stereocenters. The van der Waals surface area contributed by atoms with Crippen molar-refractivity contribution in [2.75, 3.05) is 24.5 Å². The summed E-state index contributed by atoms with van der Waals surface area (Å²) in [5.74, 6) is 0. The highest BCUT2D eigenvalue weighted by atomic mass is 32.1. The van der Waals surface area contributed by atoms with Gasteiger partial charge in [-0.05, 0) is 30.5 Å². The second-order valence-corrected chi connectivity index (χ2v) is 5.30. The van der Waals surface area contributed by atoms with Gasteiger partial charge in [-0.15, -0.1) is 11.3 Å². The van der Waals surface area contributed by atoms with Gasteiger partial charge in [0.15, 0.2) is 0 Å². The summed E-state index contributed by atoms with van der Waals surface area (Å²) in [6.07, 6.45) is 0. The van der Waals surface area contributed by atoms with E-state index in [2.05, 4.69) is 46.8 Å². The fourth-order valence-corrected chi connectivity index (χ4v) is 3.23. The molecule has 1 aliphatic rings. The Bertz CT molecular complexity index is 491. The predicted molar refractivity (Wildman–Crippen MR) is 71.5 cm³/mol. The molecular weight excluding hydrogens is 216 g/mol. The highest BCUT2D eigenvalue weighted by Crippen LogP contribution is 2.31. The molecule has 84 valence electrons. The van der Waals surface area contributed by atoms with Crippen molar-refractivity contribution in [3.8, 4) is 0 Å². The highest BCUT2D eigenvalue weighted by Gasteiger charge is 2.19. The van der Waals surface area contributed by atoms with Gasteiger partial charge < -0.3 is 10.2 Å². The number of hydrogen-bond acceptors (Lipinski definition) is 3. The Balaban J connectivity index is 2.07. The van der Waals surface area contributed by atoms with Gasteiger partial charge in [0.1, 0.15) is 0 Å². The van der Waals surface area contributed by atoms with Crippen LogP contribution in [0.15, 0.2) is 29.6 Å². The Labute approximate surface area is 99.9 Å². The van der Waals surface area contributed by atoms with Gasteiger partial charge in [0.2, 0.25) is 0 Å². The number of thiophene rings is 1. The fourth-order valence-electron chi connectivity index (χ4n) is 2.43. The fraction of sp³-hybridized carbons (Fsp3) is 0.385. The maximum Gasteiger partial charge on any atom is 0.0457 e. The molecule has 3 rings (SSSR count). The highest BCUT2D eigenvalue weighted by molar-refractivity contribution is 7.17. The van der Waals surface area contributed by atoms with Gasteiger partial charge in [-0.1, -0.05) is 6.07 Å². The summed E-state index contributed by atoms with van der Waals surface area (Å²) in [6.45, 7) is 5.57. The maximum absolute atomic E-state index is 3.44. The van der Waals surface area contributed by atoms with E-state index in [1.165, 1.54) is 15.8 Å². The Morgan fingerprint density at radius 3 is 3.19 bits per heavy atom. The molecule has 2 aromatic rings. The number of fused-ring (bicyclic) bond motifs is 1. The largest absolute Gasteiger partial charge is 0.366 e. The second kappa shape index (κ2) is 4.07. The molecule has 1 aromatic carbocycles. The zero-order chi connectivity index (χ0) is 11.0. The third-order valence-corrected chi connectivity index (χ3v) is 4.17. The van der Waals surface area contributed by atoms with Crippen LogP contribution in [0.1, 0.15) is 6.92 Å². The lowest BCUT2D eigenvalue weighted by Crippen LogP contribution is -2.49. The van der Waals surface area contributed by atoms with Gasteiger partial charge in [0, 0.05) is 41.4 Å². The van der Waals surface area contributed by atoms with E-state index in [0.29, 0.717) is 6.04 Å². The molecule has 0 radical (unpaired) electrons. The van der Waals surface area contributed by atoms with Gasteiger partial charge in [-0.25, -0.2) is 0 Å². The first-order valence-electron chi connectivity index (χ1n) is 5.80. The zero-order valence-electron chi connectivity index (χ0n) is 9.44. The van der Waals surface area contributed by atoms with Gasteiger partial charge in [0.25, 0.3) is 0 Å². The van der Waals surface area contributed by atoms with Crippen LogP contribution in [0.4, 0.5) is 5.69 Å². The van der Waals surface area contributed by atoms with Gasteiger partial charge >= 0.3 is 0 Å². The summed E-state index contributed by atoms with van der Waals surface area (Å²) in [6, 6.07) is 9.44. The number of nitrogens with one attached hydrogen (secondary N) is 1. The topological polar surface area (TPSA) is 15.3 Å². The van der Waals surface area contributed by atoms with Crippen molar-refractivity contribution in [2.45, 2.75) is 13.0 Å². The molecule has 1 N–H and O–H groups in total. The molecule has 1 fully saturated rings. The lowest BCUT2D eigenvalue weighted by atomic mass is 10.1. The SMILES string of the molecule is CC1CNCCN1c1cccc2sccc12. The molecule has 1 saturated heterocycles. The average molecular weight is 232 g/mol. The minimum atomic E-state index is 0.583. The molecule has 0 spiro atoms. The van der Waals surface area contributed by atoms with Crippen LogP contribution in [0.5, 0.6) is 0 Å². The standard InChI is InChI=1S/C13H16N2S/c1-10-9-14-6-7-15(10)12-3-2-4-13-11(12)5-8-16-13/h2-5,8,10,14H,6-7,9H2,1H3. The molecule has 1 aromatic heterocycles. The first-order chi connectivity index (χ1) is 7.86. The third-order valence-electron chi connectivity index (χ3n) is 3.28. The second-order valence-electron chi connectivity index (χ2n) is 4.36. The average Bonchev–Trinajstić information content (AvgIpc) is 2.77. The lowest BCUT2D eigenvalue weighted by molar-refractivity contribution is 0.502. The predicted octanol–water partition coefficient (Wildman–Crippen LogP) is 2.70. The molecule has 1 aliphatic heterocycles. The van der Waals surface area contributed by atoms with Crippen LogP contribution < -0.4 is 10.2 Å². The lowest BCUT2D eigenvalue weighted by Gasteiger charge is -2.36. The van der Waals surface area contributed by atoms with Crippen LogP contribution in [0.25, 0.3) is 10.1 Å². The minimum absolute atomic E-state index is 0.583. The van der Waals surface area contributed by atoms with Crippen LogP contribution in [-0.2, 0) is 0 Å². The number of rotatable bonds is 1. The molecule has 0 aliphatic carbocycles. The number of hydrogen-bond donors (Lipinski definition) is 1. The third kappa shape index (κ3) is 1.60. The number of piperazine rings is 1. The minimum Gasteiger partial charge on any atom is -0.366 e. The molecular formula is C13H16N2S. The normalized spacial score (nSPS) is 21.6. The summed E-state index contributed by atoms with van der Waals surface area (Å²) in [5, 5.41) is 7.02. The molecule has 3 heteroatoms. The van der Waals surface area contributed by atoms with Crippen LogP contribution in [-0.4, -0.2) is 25.7 Å². The smallest absolute Gasteiger partial charge is 0.0457 e. The van der Waals surface area contributed by atoms with Gasteiger partial charge in [-0.2, -0.15) is 0 Å². The Morgan fingerprint density at radius 2 is 2.31 bits per heavy atom. The van der Waals surface area contributed by atoms with Crippen LogP contribution >= 0.6 is 11.3 Å². The van der Waals surface area contributed by atoms with E-state index in [1.807, 2.05) is 11.3 Å². The summed E-state index contributed by atoms with van der Waals surface area (Å²) >= 11 is 1.82.